The van der Waals surface area contributed by atoms with Crippen LogP contribution in [-0.2, 0) is 16.1 Å². The van der Waals surface area contributed by atoms with E-state index in [9.17, 15) is 9.59 Å². The van der Waals surface area contributed by atoms with Crippen LogP contribution in [0.5, 0.6) is 0 Å². The fraction of sp³-hybridized carbons (Fsp3) is 0.318. The van der Waals surface area contributed by atoms with Gasteiger partial charge in [-0.15, -0.1) is 0 Å². The maximum atomic E-state index is 12.3. The standard InChI is InChI=1S/C22H27N5O2/c1-15(17-7-4-3-5-8-17)12-23-14-21(28)26-16(2)22(29)25-13-18-11-20-19(27-18)9-6-10-24-20/h3-11,15-16,23,27H,12-14H2,1-2H3,(H,25,29)(H,26,28)/t15-,16-/m0/s1. The number of amides is 2. The highest BCUT2D eigenvalue weighted by molar-refractivity contribution is 5.88. The van der Waals surface area contributed by atoms with Gasteiger partial charge < -0.3 is 20.9 Å². The summed E-state index contributed by atoms with van der Waals surface area (Å²) in [6.45, 7) is 4.99. The normalized spacial score (nSPS) is 13.0. The van der Waals surface area contributed by atoms with Gasteiger partial charge in [-0.25, -0.2) is 0 Å². The number of nitrogens with one attached hydrogen (secondary N) is 4. The van der Waals surface area contributed by atoms with Crippen molar-refractivity contribution in [3.05, 3.63) is 66.0 Å². The van der Waals surface area contributed by atoms with Gasteiger partial charge in [-0.05, 0) is 36.6 Å². The van der Waals surface area contributed by atoms with Crippen LogP contribution in [0.2, 0.25) is 0 Å². The number of benzene rings is 1. The van der Waals surface area contributed by atoms with E-state index in [2.05, 4.69) is 45.0 Å². The van der Waals surface area contributed by atoms with Gasteiger partial charge in [-0.3, -0.25) is 14.6 Å². The van der Waals surface area contributed by atoms with Crippen LogP contribution < -0.4 is 16.0 Å². The summed E-state index contributed by atoms with van der Waals surface area (Å²) in [5.41, 5.74) is 3.87. The van der Waals surface area contributed by atoms with Crippen LogP contribution in [0.25, 0.3) is 11.0 Å². The molecule has 0 spiro atoms. The second-order valence-corrected chi connectivity index (χ2v) is 7.18. The maximum absolute atomic E-state index is 12.3. The highest BCUT2D eigenvalue weighted by atomic mass is 16.2. The van der Waals surface area contributed by atoms with Crippen molar-refractivity contribution >= 4 is 22.8 Å². The van der Waals surface area contributed by atoms with Crippen LogP contribution in [0.4, 0.5) is 0 Å². The predicted octanol–water partition coefficient (Wildman–Crippen LogP) is 2.08. The lowest BCUT2D eigenvalue weighted by molar-refractivity contribution is -0.128. The minimum atomic E-state index is -0.613. The molecule has 3 aromatic rings. The smallest absolute Gasteiger partial charge is 0.242 e. The third kappa shape index (κ3) is 5.89. The van der Waals surface area contributed by atoms with E-state index in [4.69, 9.17) is 0 Å². The first-order chi connectivity index (χ1) is 14.0. The number of aromatic amines is 1. The quantitative estimate of drug-likeness (QED) is 0.447. The molecule has 0 fully saturated rings. The number of rotatable bonds is 9. The molecule has 0 radical (unpaired) electrons. The molecule has 1 aromatic carbocycles. The molecule has 152 valence electrons. The first kappa shape index (κ1) is 20.5. The number of H-pyrrole nitrogens is 1. The Bertz CT molecular complexity index is 921. The van der Waals surface area contributed by atoms with E-state index in [-0.39, 0.29) is 18.4 Å². The maximum Gasteiger partial charge on any atom is 0.242 e. The summed E-state index contributed by atoms with van der Waals surface area (Å²) in [5.74, 6) is -0.138. The molecule has 0 saturated heterocycles. The largest absolute Gasteiger partial charge is 0.356 e. The molecule has 0 aliphatic carbocycles. The van der Waals surface area contributed by atoms with Gasteiger partial charge in [0.1, 0.15) is 6.04 Å². The Labute approximate surface area is 170 Å². The number of aromatic nitrogens is 2. The molecule has 4 N–H and O–H groups in total. The van der Waals surface area contributed by atoms with Crippen LogP contribution in [-0.4, -0.2) is 40.9 Å². The Balaban J connectivity index is 1.37. The van der Waals surface area contributed by atoms with E-state index in [1.165, 1.54) is 5.56 Å². The Hall–Kier alpha value is -3.19. The van der Waals surface area contributed by atoms with Gasteiger partial charge in [-0.1, -0.05) is 37.3 Å². The van der Waals surface area contributed by atoms with Gasteiger partial charge in [0.2, 0.25) is 11.8 Å². The first-order valence-electron chi connectivity index (χ1n) is 9.78. The fourth-order valence-electron chi connectivity index (χ4n) is 3.10. The summed E-state index contributed by atoms with van der Waals surface area (Å²) in [4.78, 5) is 31.8. The predicted molar refractivity (Wildman–Crippen MR) is 113 cm³/mol. The summed E-state index contributed by atoms with van der Waals surface area (Å²) < 4.78 is 0. The summed E-state index contributed by atoms with van der Waals surface area (Å²) in [6, 6.07) is 15.2. The third-order valence-corrected chi connectivity index (χ3v) is 4.77. The molecular formula is C22H27N5O2. The van der Waals surface area contributed by atoms with E-state index in [0.717, 1.165) is 16.7 Å². The van der Waals surface area contributed by atoms with Crippen LogP contribution >= 0.6 is 0 Å². The minimum Gasteiger partial charge on any atom is -0.356 e. The minimum absolute atomic E-state index is 0.169. The Morgan fingerprint density at radius 1 is 1.10 bits per heavy atom. The number of fused-ring (bicyclic) bond motifs is 1. The lowest BCUT2D eigenvalue weighted by Gasteiger charge is -2.16. The molecule has 0 bridgehead atoms. The number of carbonyl (C=O) groups excluding carboxylic acids is 2. The fourth-order valence-corrected chi connectivity index (χ4v) is 3.10. The van der Waals surface area contributed by atoms with Gasteiger partial charge in [-0.2, -0.15) is 0 Å². The Morgan fingerprint density at radius 2 is 1.90 bits per heavy atom. The molecule has 0 aliphatic rings. The van der Waals surface area contributed by atoms with Crippen molar-refractivity contribution in [3.63, 3.8) is 0 Å². The zero-order valence-electron chi connectivity index (χ0n) is 16.7. The Morgan fingerprint density at radius 3 is 2.66 bits per heavy atom. The lowest BCUT2D eigenvalue weighted by Crippen LogP contribution is -2.47. The SMILES string of the molecule is C[C@H](NC(=O)CNC[C@H](C)c1ccccc1)C(=O)NCc1cc2ncccc2[nH]1. The molecular weight excluding hydrogens is 366 g/mol. The zero-order chi connectivity index (χ0) is 20.6. The number of carbonyl (C=O) groups is 2. The summed E-state index contributed by atoms with van der Waals surface area (Å²) >= 11 is 0. The molecule has 3 rings (SSSR count). The molecule has 7 heteroatoms. The molecule has 2 atom stereocenters. The van der Waals surface area contributed by atoms with Crippen molar-refractivity contribution in [1.29, 1.82) is 0 Å². The van der Waals surface area contributed by atoms with Crippen molar-refractivity contribution in [2.45, 2.75) is 32.4 Å². The highest BCUT2D eigenvalue weighted by Crippen LogP contribution is 2.13. The Kier molecular flexibility index (Phi) is 6.97. The summed E-state index contributed by atoms with van der Waals surface area (Å²) in [5, 5.41) is 8.69. The highest BCUT2D eigenvalue weighted by Gasteiger charge is 2.15. The zero-order valence-corrected chi connectivity index (χ0v) is 16.7. The molecule has 0 saturated carbocycles. The van der Waals surface area contributed by atoms with Crippen LogP contribution in [0.1, 0.15) is 31.0 Å². The second kappa shape index (κ2) is 9.84. The second-order valence-electron chi connectivity index (χ2n) is 7.18. The van der Waals surface area contributed by atoms with Crippen LogP contribution in [0, 0.1) is 0 Å². The van der Waals surface area contributed by atoms with Gasteiger partial charge in [0.05, 0.1) is 24.1 Å². The van der Waals surface area contributed by atoms with Gasteiger partial charge >= 0.3 is 0 Å². The van der Waals surface area contributed by atoms with Crippen molar-refractivity contribution in [2.75, 3.05) is 13.1 Å². The molecule has 2 heterocycles. The topological polar surface area (TPSA) is 98.9 Å². The van der Waals surface area contributed by atoms with E-state index in [1.54, 1.807) is 13.1 Å². The molecule has 0 aliphatic heterocycles. The lowest BCUT2D eigenvalue weighted by atomic mass is 10.0. The van der Waals surface area contributed by atoms with E-state index >= 15 is 0 Å². The van der Waals surface area contributed by atoms with Gasteiger partial charge in [0.25, 0.3) is 0 Å². The van der Waals surface area contributed by atoms with Gasteiger partial charge in [0, 0.05) is 18.4 Å². The van der Waals surface area contributed by atoms with Crippen molar-refractivity contribution in [1.82, 2.24) is 25.9 Å². The molecule has 0 unspecified atom stereocenters. The summed E-state index contributed by atoms with van der Waals surface area (Å²) in [6.07, 6.45) is 1.73. The molecule has 7 nitrogen and oxygen atoms in total. The number of hydrogen-bond donors (Lipinski definition) is 4. The number of pyridine rings is 1. The molecule has 29 heavy (non-hydrogen) atoms. The average molecular weight is 393 g/mol. The average Bonchev–Trinajstić information content (AvgIpc) is 3.15. The van der Waals surface area contributed by atoms with Gasteiger partial charge in [0.15, 0.2) is 0 Å². The molecule has 2 amide bonds. The number of nitrogens with zero attached hydrogens (tertiary/aromatic N) is 1. The van der Waals surface area contributed by atoms with Crippen molar-refractivity contribution in [2.24, 2.45) is 0 Å². The molecule has 2 aromatic heterocycles. The van der Waals surface area contributed by atoms with Crippen LogP contribution in [0.15, 0.2) is 54.7 Å². The van der Waals surface area contributed by atoms with E-state index < -0.39 is 6.04 Å². The van der Waals surface area contributed by atoms with E-state index in [0.29, 0.717) is 19.0 Å². The number of hydrogen-bond acceptors (Lipinski definition) is 4. The van der Waals surface area contributed by atoms with Crippen molar-refractivity contribution in [3.8, 4) is 0 Å². The van der Waals surface area contributed by atoms with Crippen molar-refractivity contribution < 1.29 is 9.59 Å². The van der Waals surface area contributed by atoms with E-state index in [1.807, 2.05) is 36.4 Å². The summed E-state index contributed by atoms with van der Waals surface area (Å²) in [7, 11) is 0. The van der Waals surface area contributed by atoms with Crippen LogP contribution in [0.3, 0.4) is 0 Å². The first-order valence-corrected chi connectivity index (χ1v) is 9.78. The monoisotopic (exact) mass is 393 g/mol. The third-order valence-electron chi connectivity index (χ3n) is 4.77.